The molecule has 0 spiro atoms. The number of aromatic nitrogens is 3. The number of aromatic amines is 1. The highest BCUT2D eigenvalue weighted by atomic mass is 35.5. The van der Waals surface area contributed by atoms with Crippen LogP contribution in [0, 0.1) is 12.8 Å². The van der Waals surface area contributed by atoms with Gasteiger partial charge in [0, 0.05) is 22.7 Å². The molecule has 0 atom stereocenters. The number of hydrogen-bond acceptors (Lipinski definition) is 3. The lowest BCUT2D eigenvalue weighted by molar-refractivity contribution is 0.412. The summed E-state index contributed by atoms with van der Waals surface area (Å²) >= 11 is 6.52. The SMILES string of the molecule is COc1ccc2c(Cl)cc(-c3c[nH]nc3CCC(C)C)nc2c1C. The molecule has 0 aliphatic carbocycles. The van der Waals surface area contributed by atoms with Gasteiger partial charge in [-0.25, -0.2) is 4.98 Å². The van der Waals surface area contributed by atoms with Crippen molar-refractivity contribution in [2.24, 2.45) is 5.92 Å². The predicted molar refractivity (Wildman–Crippen MR) is 98.8 cm³/mol. The van der Waals surface area contributed by atoms with E-state index in [1.807, 2.05) is 31.3 Å². The molecule has 0 fully saturated rings. The molecule has 4 nitrogen and oxygen atoms in total. The number of methoxy groups -OCH3 is 1. The molecule has 1 N–H and O–H groups in total. The third kappa shape index (κ3) is 3.11. The predicted octanol–water partition coefficient (Wildman–Crippen LogP) is 5.18. The Hall–Kier alpha value is -2.07. The van der Waals surface area contributed by atoms with E-state index >= 15 is 0 Å². The zero-order valence-electron chi connectivity index (χ0n) is 14.5. The van der Waals surface area contributed by atoms with Crippen LogP contribution in [-0.4, -0.2) is 22.3 Å². The first-order chi connectivity index (χ1) is 11.5. The third-order valence-corrected chi connectivity index (χ3v) is 4.62. The van der Waals surface area contributed by atoms with Crippen LogP contribution in [0.2, 0.25) is 5.02 Å². The number of rotatable bonds is 5. The molecule has 24 heavy (non-hydrogen) atoms. The molecule has 0 unspecified atom stereocenters. The lowest BCUT2D eigenvalue weighted by Gasteiger charge is -2.11. The number of pyridine rings is 1. The topological polar surface area (TPSA) is 50.8 Å². The summed E-state index contributed by atoms with van der Waals surface area (Å²) in [6.45, 7) is 6.43. The van der Waals surface area contributed by atoms with E-state index in [-0.39, 0.29) is 0 Å². The summed E-state index contributed by atoms with van der Waals surface area (Å²) < 4.78 is 5.41. The van der Waals surface area contributed by atoms with Gasteiger partial charge in [-0.15, -0.1) is 0 Å². The van der Waals surface area contributed by atoms with Crippen LogP contribution in [0.25, 0.3) is 22.2 Å². The molecule has 0 radical (unpaired) electrons. The average molecular weight is 344 g/mol. The molecular formula is C19H22ClN3O. The first-order valence-electron chi connectivity index (χ1n) is 8.18. The average Bonchev–Trinajstić information content (AvgIpc) is 3.02. The van der Waals surface area contributed by atoms with Gasteiger partial charge in [-0.3, -0.25) is 5.10 Å². The first-order valence-corrected chi connectivity index (χ1v) is 8.56. The molecule has 3 aromatic rings. The molecule has 5 heteroatoms. The summed E-state index contributed by atoms with van der Waals surface area (Å²) in [5, 5.41) is 8.99. The van der Waals surface area contributed by atoms with Crippen LogP contribution in [0.3, 0.4) is 0 Å². The standard InChI is InChI=1S/C19H22ClN3O/c1-11(2)5-7-16-14(10-21-23-16)17-9-15(20)13-6-8-18(24-4)12(3)19(13)22-17/h6,8-11H,5,7H2,1-4H3,(H,21,23). The van der Waals surface area contributed by atoms with Gasteiger partial charge in [0.05, 0.1) is 29.0 Å². The van der Waals surface area contributed by atoms with Crippen LogP contribution in [0.1, 0.15) is 31.5 Å². The van der Waals surface area contributed by atoms with Crippen molar-refractivity contribution in [1.29, 1.82) is 0 Å². The number of aryl methyl sites for hydroxylation is 2. The van der Waals surface area contributed by atoms with Crippen LogP contribution >= 0.6 is 11.6 Å². The van der Waals surface area contributed by atoms with Crippen molar-refractivity contribution in [3.05, 3.63) is 40.7 Å². The van der Waals surface area contributed by atoms with E-state index in [0.29, 0.717) is 10.9 Å². The molecular weight excluding hydrogens is 322 g/mol. The molecule has 2 heterocycles. The number of nitrogens with zero attached hydrogens (tertiary/aromatic N) is 2. The van der Waals surface area contributed by atoms with Crippen molar-refractivity contribution in [1.82, 2.24) is 15.2 Å². The monoisotopic (exact) mass is 343 g/mol. The number of benzene rings is 1. The summed E-state index contributed by atoms with van der Waals surface area (Å²) in [5.41, 5.74) is 4.75. The highest BCUT2D eigenvalue weighted by Crippen LogP contribution is 2.34. The number of nitrogens with one attached hydrogen (secondary N) is 1. The van der Waals surface area contributed by atoms with Crippen LogP contribution in [0.15, 0.2) is 24.4 Å². The molecule has 0 bridgehead atoms. The van der Waals surface area contributed by atoms with E-state index in [9.17, 15) is 0 Å². The van der Waals surface area contributed by atoms with Crippen LogP contribution in [0.4, 0.5) is 0 Å². The van der Waals surface area contributed by atoms with Crippen molar-refractivity contribution in [2.75, 3.05) is 7.11 Å². The molecule has 1 aromatic carbocycles. The minimum absolute atomic E-state index is 0.634. The maximum atomic E-state index is 6.52. The lowest BCUT2D eigenvalue weighted by Crippen LogP contribution is -1.97. The highest BCUT2D eigenvalue weighted by Gasteiger charge is 2.15. The minimum atomic E-state index is 0.634. The van der Waals surface area contributed by atoms with E-state index in [0.717, 1.165) is 52.0 Å². The van der Waals surface area contributed by atoms with Crippen molar-refractivity contribution >= 4 is 22.5 Å². The third-order valence-electron chi connectivity index (χ3n) is 4.31. The zero-order valence-corrected chi connectivity index (χ0v) is 15.2. The Morgan fingerprint density at radius 3 is 2.79 bits per heavy atom. The highest BCUT2D eigenvalue weighted by molar-refractivity contribution is 6.35. The van der Waals surface area contributed by atoms with Crippen LogP contribution in [-0.2, 0) is 6.42 Å². The van der Waals surface area contributed by atoms with Gasteiger partial charge in [-0.1, -0.05) is 25.4 Å². The summed E-state index contributed by atoms with van der Waals surface area (Å²) in [4.78, 5) is 4.85. The van der Waals surface area contributed by atoms with Gasteiger partial charge < -0.3 is 4.74 Å². The molecule has 2 aromatic heterocycles. The van der Waals surface area contributed by atoms with E-state index in [1.54, 1.807) is 7.11 Å². The van der Waals surface area contributed by atoms with Gasteiger partial charge in [-0.2, -0.15) is 5.10 Å². The fourth-order valence-corrected chi connectivity index (χ4v) is 3.14. The van der Waals surface area contributed by atoms with E-state index in [4.69, 9.17) is 21.3 Å². The van der Waals surface area contributed by atoms with Crippen molar-refractivity contribution in [3.63, 3.8) is 0 Å². The second-order valence-electron chi connectivity index (χ2n) is 6.46. The van der Waals surface area contributed by atoms with E-state index in [2.05, 4.69) is 24.0 Å². The van der Waals surface area contributed by atoms with Gasteiger partial charge in [0.2, 0.25) is 0 Å². The summed E-state index contributed by atoms with van der Waals surface area (Å²) in [7, 11) is 1.67. The Morgan fingerprint density at radius 2 is 2.08 bits per heavy atom. The number of H-pyrrole nitrogens is 1. The molecule has 0 amide bonds. The number of hydrogen-bond donors (Lipinski definition) is 1. The summed E-state index contributed by atoms with van der Waals surface area (Å²) in [6, 6.07) is 5.80. The second kappa shape index (κ2) is 6.81. The summed E-state index contributed by atoms with van der Waals surface area (Å²) in [6.07, 6.45) is 3.91. The fourth-order valence-electron chi connectivity index (χ4n) is 2.88. The van der Waals surface area contributed by atoms with Crippen LogP contribution < -0.4 is 4.74 Å². The van der Waals surface area contributed by atoms with Crippen LogP contribution in [0.5, 0.6) is 5.75 Å². The molecule has 0 saturated heterocycles. The van der Waals surface area contributed by atoms with Gasteiger partial charge in [0.15, 0.2) is 0 Å². The smallest absolute Gasteiger partial charge is 0.123 e. The number of fused-ring (bicyclic) bond motifs is 1. The second-order valence-corrected chi connectivity index (χ2v) is 6.86. The van der Waals surface area contributed by atoms with Gasteiger partial charge in [0.25, 0.3) is 0 Å². The Balaban J connectivity index is 2.11. The Morgan fingerprint density at radius 1 is 1.29 bits per heavy atom. The summed E-state index contributed by atoms with van der Waals surface area (Å²) in [5.74, 6) is 1.45. The Labute approximate surface area is 147 Å². The lowest BCUT2D eigenvalue weighted by atomic mass is 10.0. The normalized spacial score (nSPS) is 11.4. The number of ether oxygens (including phenoxy) is 1. The molecule has 3 rings (SSSR count). The Bertz CT molecular complexity index is 870. The largest absolute Gasteiger partial charge is 0.496 e. The molecule has 126 valence electrons. The van der Waals surface area contributed by atoms with E-state index < -0.39 is 0 Å². The minimum Gasteiger partial charge on any atom is -0.496 e. The zero-order chi connectivity index (χ0) is 17.3. The quantitative estimate of drug-likeness (QED) is 0.694. The molecule has 0 aliphatic heterocycles. The van der Waals surface area contributed by atoms with Gasteiger partial charge in [0.1, 0.15) is 5.75 Å². The molecule has 0 saturated carbocycles. The Kier molecular flexibility index (Phi) is 4.76. The van der Waals surface area contributed by atoms with Gasteiger partial charge in [-0.05, 0) is 43.9 Å². The van der Waals surface area contributed by atoms with Crippen molar-refractivity contribution < 1.29 is 4.74 Å². The van der Waals surface area contributed by atoms with E-state index in [1.165, 1.54) is 0 Å². The molecule has 0 aliphatic rings. The maximum Gasteiger partial charge on any atom is 0.123 e. The first kappa shape index (κ1) is 16.8. The van der Waals surface area contributed by atoms with Gasteiger partial charge >= 0.3 is 0 Å². The fraction of sp³-hybridized carbons (Fsp3) is 0.368. The number of halogens is 1. The van der Waals surface area contributed by atoms with Crippen molar-refractivity contribution in [3.8, 4) is 17.0 Å². The van der Waals surface area contributed by atoms with Crippen molar-refractivity contribution in [2.45, 2.75) is 33.6 Å². The maximum absolute atomic E-state index is 6.52.